The Morgan fingerprint density at radius 3 is 0.800 bits per heavy atom. The van der Waals surface area contributed by atoms with Crippen molar-refractivity contribution < 1.29 is 75.7 Å². The molecule has 0 unspecified atom stereocenters. The van der Waals surface area contributed by atoms with Crippen LogP contribution in [0.15, 0.2) is 0 Å². The van der Waals surface area contributed by atoms with Crippen molar-refractivity contribution in [3.63, 3.8) is 0 Å². The first-order valence-corrected chi connectivity index (χ1v) is 5.05. The third-order valence-corrected chi connectivity index (χ3v) is 0. The molecule has 0 aliphatic carbocycles. The van der Waals surface area contributed by atoms with E-state index < -0.39 is 37.2 Å². The van der Waals surface area contributed by atoms with Gasteiger partial charge in [0.25, 0.3) is 0 Å². The fourth-order valence-electron chi connectivity index (χ4n) is 0. The van der Waals surface area contributed by atoms with Gasteiger partial charge in [0.1, 0.15) is 0 Å². The summed E-state index contributed by atoms with van der Waals surface area (Å²) in [5, 5.41) is 0. The summed E-state index contributed by atoms with van der Waals surface area (Å²) in [4.78, 5) is 0. The van der Waals surface area contributed by atoms with Crippen molar-refractivity contribution in [2.45, 2.75) is 0 Å². The van der Waals surface area contributed by atoms with Gasteiger partial charge in [0.05, 0.1) is 0 Å². The molecule has 0 rings (SSSR count). The first-order valence-electron chi connectivity index (χ1n) is 1.22. The van der Waals surface area contributed by atoms with E-state index >= 15 is 0 Å². The molecular weight excluding hydrogens is 343 g/mol. The standard InChI is InChI=1S/Cu.6O.Sr.2Ti/q+2;;;4*-1;+2;;. The molecule has 0 amide bonds. The van der Waals surface area contributed by atoms with Gasteiger partial charge in [-0.25, -0.2) is 0 Å². The SMILES string of the molecule is [Cu+2].[O]=[Ti]([O-])[O-].[O]=[Ti]([O-])[O-].[Sr+2]. The maximum Gasteiger partial charge on any atom is 2.00 e. The minimum atomic E-state index is -4.08. The van der Waals surface area contributed by atoms with Crippen LogP contribution in [0.1, 0.15) is 0 Å². The summed E-state index contributed by atoms with van der Waals surface area (Å²) in [7, 11) is 0. The maximum atomic E-state index is 8.58. The molecule has 0 aromatic heterocycles. The average Bonchev–Trinajstić information content (AvgIpc) is 1.25. The van der Waals surface area contributed by atoms with Crippen LogP contribution in [0.5, 0.6) is 0 Å². The van der Waals surface area contributed by atoms with Crippen LogP contribution in [0.25, 0.3) is 0 Å². The average molecular weight is 343 g/mol. The number of hydrogen-bond acceptors (Lipinski definition) is 6. The molecule has 6 nitrogen and oxygen atoms in total. The van der Waals surface area contributed by atoms with Crippen molar-refractivity contribution in [2.24, 2.45) is 0 Å². The minimum absolute atomic E-state index is 0. The Labute approximate surface area is 119 Å². The zero-order chi connectivity index (χ0) is 7.15. The first-order chi connectivity index (χ1) is 3.46. The van der Waals surface area contributed by atoms with Crippen molar-refractivity contribution in [1.82, 2.24) is 0 Å². The molecule has 0 aromatic carbocycles. The van der Waals surface area contributed by atoms with Crippen LogP contribution in [0.3, 0.4) is 0 Å². The molecule has 0 atom stereocenters. The molecule has 57 valence electrons. The molecule has 0 saturated heterocycles. The maximum absolute atomic E-state index is 8.58. The predicted octanol–water partition coefficient (Wildman–Crippen LogP) is -5.38. The Morgan fingerprint density at radius 2 is 0.800 bits per heavy atom. The fraction of sp³-hybridized carbons (Fsp3) is 0. The van der Waals surface area contributed by atoms with Crippen molar-refractivity contribution in [1.29, 1.82) is 0 Å². The summed E-state index contributed by atoms with van der Waals surface area (Å²) in [6, 6.07) is 0. The second kappa shape index (κ2) is 17.8. The topological polar surface area (TPSA) is 126 Å². The van der Waals surface area contributed by atoms with E-state index in [0.29, 0.717) is 0 Å². The van der Waals surface area contributed by atoms with Gasteiger partial charge in [0, 0.05) is 0 Å². The smallest absolute Gasteiger partial charge is 2.00 e. The monoisotopic (exact) mass is 343 g/mol. The molecule has 0 bridgehead atoms. The summed E-state index contributed by atoms with van der Waals surface area (Å²) in [5.41, 5.74) is 0. The van der Waals surface area contributed by atoms with Gasteiger partial charge in [-0.1, -0.05) is 0 Å². The third-order valence-electron chi connectivity index (χ3n) is 0. The molecule has 0 N–H and O–H groups in total. The van der Waals surface area contributed by atoms with Crippen molar-refractivity contribution >= 4 is 45.5 Å². The second-order valence-corrected chi connectivity index (χ2v) is 2.06. The fourth-order valence-corrected chi connectivity index (χ4v) is 0. The van der Waals surface area contributed by atoms with Crippen LogP contribution in [0.2, 0.25) is 0 Å². The van der Waals surface area contributed by atoms with Crippen LogP contribution >= 0.6 is 0 Å². The van der Waals surface area contributed by atoms with E-state index in [2.05, 4.69) is 0 Å². The summed E-state index contributed by atoms with van der Waals surface area (Å²) < 4.78 is 51.5. The van der Waals surface area contributed by atoms with E-state index in [1.165, 1.54) is 0 Å². The Kier molecular flexibility index (Phi) is 41.1. The van der Waals surface area contributed by atoms with Gasteiger partial charge < -0.3 is 0 Å². The molecule has 0 aromatic rings. The van der Waals surface area contributed by atoms with Crippen LogP contribution < -0.4 is 14.8 Å². The largest absolute Gasteiger partial charge is 2.00 e. The zero-order valence-corrected chi connectivity index (χ0v) is 12.0. The molecule has 10 heavy (non-hydrogen) atoms. The van der Waals surface area contributed by atoms with Gasteiger partial charge in [-0.15, -0.1) is 0 Å². The summed E-state index contributed by atoms with van der Waals surface area (Å²) in [6.45, 7) is 0. The van der Waals surface area contributed by atoms with Gasteiger partial charge in [0.15, 0.2) is 0 Å². The van der Waals surface area contributed by atoms with E-state index in [1.54, 1.807) is 0 Å². The zero-order valence-electron chi connectivity index (χ0n) is 4.46. The van der Waals surface area contributed by atoms with E-state index in [9.17, 15) is 0 Å². The minimum Gasteiger partial charge on any atom is 2.00 e. The Morgan fingerprint density at radius 1 is 0.800 bits per heavy atom. The van der Waals surface area contributed by atoms with Gasteiger partial charge >= 0.3 is 121 Å². The van der Waals surface area contributed by atoms with Crippen LogP contribution in [0, 0.1) is 0 Å². The van der Waals surface area contributed by atoms with E-state index in [4.69, 9.17) is 21.4 Å². The Bertz CT molecular complexity index is 73.7. The molecule has 0 spiro atoms. The summed E-state index contributed by atoms with van der Waals surface area (Å²) in [5.74, 6) is 0. The second-order valence-electron chi connectivity index (χ2n) is 0.500. The number of rotatable bonds is 0. The summed E-state index contributed by atoms with van der Waals surface area (Å²) >= 11 is -8.17. The molecule has 1 radical (unpaired) electrons. The summed E-state index contributed by atoms with van der Waals surface area (Å²) in [6.07, 6.45) is 0. The molecule has 0 saturated carbocycles. The quantitative estimate of drug-likeness (QED) is 0.404. The Balaban J connectivity index is -0.0000000300. The molecule has 0 heterocycles. The van der Waals surface area contributed by atoms with E-state index in [1.807, 2.05) is 0 Å². The Hall–Kier alpha value is 2.87. The predicted molar refractivity (Wildman–Crippen MR) is 7.13 cm³/mol. The van der Waals surface area contributed by atoms with Gasteiger partial charge in [-0.3, -0.25) is 0 Å². The van der Waals surface area contributed by atoms with Crippen molar-refractivity contribution in [2.75, 3.05) is 0 Å². The molecule has 10 heteroatoms. The molecule has 0 aliphatic heterocycles. The van der Waals surface area contributed by atoms with E-state index in [0.717, 1.165) is 0 Å². The van der Waals surface area contributed by atoms with Crippen LogP contribution in [0.4, 0.5) is 0 Å². The number of hydrogen-bond donors (Lipinski definition) is 0. The third kappa shape index (κ3) is 129. The van der Waals surface area contributed by atoms with E-state index in [-0.39, 0.29) is 62.6 Å². The molecule has 0 aliphatic rings. The van der Waals surface area contributed by atoms with Crippen molar-refractivity contribution in [3.8, 4) is 0 Å². The van der Waals surface area contributed by atoms with Gasteiger partial charge in [-0.2, -0.15) is 0 Å². The molecular formula is CuO6SrTi2. The molecule has 0 fully saturated rings. The normalized spacial score (nSPS) is 5.20. The van der Waals surface area contributed by atoms with Crippen LogP contribution in [-0.4, -0.2) is 45.5 Å². The van der Waals surface area contributed by atoms with Gasteiger partial charge in [0.2, 0.25) is 0 Å². The van der Waals surface area contributed by atoms with Gasteiger partial charge in [-0.05, 0) is 0 Å². The van der Waals surface area contributed by atoms with Crippen molar-refractivity contribution in [3.05, 3.63) is 0 Å². The first kappa shape index (κ1) is 23.0. The van der Waals surface area contributed by atoms with Crippen LogP contribution in [-0.2, 0) is 61.0 Å².